The van der Waals surface area contributed by atoms with Gasteiger partial charge >= 0.3 is 0 Å². The fourth-order valence-electron chi connectivity index (χ4n) is 2.10. The predicted octanol–water partition coefficient (Wildman–Crippen LogP) is 2.51. The Balaban J connectivity index is 2.04. The third kappa shape index (κ3) is 2.05. The molecule has 20 heavy (non-hydrogen) atoms. The minimum absolute atomic E-state index is 0.450. The molecule has 0 fully saturated rings. The Morgan fingerprint density at radius 2 is 2.10 bits per heavy atom. The molecule has 0 saturated carbocycles. The van der Waals surface area contributed by atoms with E-state index in [9.17, 15) is 0 Å². The van der Waals surface area contributed by atoms with Gasteiger partial charge in [-0.15, -0.1) is 0 Å². The van der Waals surface area contributed by atoms with Gasteiger partial charge in [0.25, 0.3) is 5.89 Å². The van der Waals surface area contributed by atoms with Gasteiger partial charge in [0.1, 0.15) is 5.69 Å². The first kappa shape index (κ1) is 12.4. The highest BCUT2D eigenvalue weighted by atomic mass is 16.5. The number of aromatic nitrogens is 4. The molecule has 3 rings (SSSR count). The van der Waals surface area contributed by atoms with Crippen molar-refractivity contribution < 1.29 is 4.52 Å². The molecule has 0 atom stereocenters. The van der Waals surface area contributed by atoms with Crippen LogP contribution in [0.25, 0.3) is 23.0 Å². The fourth-order valence-corrected chi connectivity index (χ4v) is 2.10. The highest BCUT2D eigenvalue weighted by Gasteiger charge is 2.16. The van der Waals surface area contributed by atoms with E-state index < -0.39 is 0 Å². The molecule has 0 aliphatic heterocycles. The number of nitrogens with two attached hydrogens (primary N) is 1. The fraction of sp³-hybridized carbons (Fsp3) is 0.214. The highest BCUT2D eigenvalue weighted by molar-refractivity contribution is 5.71. The molecule has 6 heteroatoms. The molecule has 102 valence electrons. The number of benzene rings is 1. The smallest absolute Gasteiger partial charge is 0.276 e. The van der Waals surface area contributed by atoms with Gasteiger partial charge in [0.2, 0.25) is 5.82 Å². The molecule has 3 aromatic rings. The van der Waals surface area contributed by atoms with E-state index in [0.717, 1.165) is 23.5 Å². The van der Waals surface area contributed by atoms with Crippen LogP contribution in [0.3, 0.4) is 0 Å². The summed E-state index contributed by atoms with van der Waals surface area (Å²) in [4.78, 5) is 4.41. The van der Waals surface area contributed by atoms with Crippen molar-refractivity contribution in [1.29, 1.82) is 0 Å². The lowest BCUT2D eigenvalue weighted by atomic mass is 10.2. The average Bonchev–Trinajstić information content (AvgIpc) is 3.05. The summed E-state index contributed by atoms with van der Waals surface area (Å²) >= 11 is 0. The lowest BCUT2D eigenvalue weighted by molar-refractivity contribution is 0.427. The number of nitrogen functional groups attached to an aromatic ring is 1. The van der Waals surface area contributed by atoms with E-state index in [1.165, 1.54) is 0 Å². The summed E-state index contributed by atoms with van der Waals surface area (Å²) in [6.45, 7) is 4.69. The van der Waals surface area contributed by atoms with Gasteiger partial charge in [0.05, 0.1) is 5.69 Å². The van der Waals surface area contributed by atoms with Gasteiger partial charge in [-0.1, -0.05) is 17.3 Å². The largest absolute Gasteiger partial charge is 0.398 e. The van der Waals surface area contributed by atoms with Crippen molar-refractivity contribution in [2.45, 2.75) is 20.4 Å². The zero-order valence-corrected chi connectivity index (χ0v) is 11.4. The van der Waals surface area contributed by atoms with Crippen LogP contribution in [-0.4, -0.2) is 19.9 Å². The maximum Gasteiger partial charge on any atom is 0.276 e. The topological polar surface area (TPSA) is 82.8 Å². The first-order chi connectivity index (χ1) is 9.69. The number of aryl methyl sites for hydroxylation is 2. The maximum atomic E-state index is 5.92. The van der Waals surface area contributed by atoms with Gasteiger partial charge in [-0.05, 0) is 32.0 Å². The normalized spacial score (nSPS) is 10.9. The van der Waals surface area contributed by atoms with E-state index in [0.29, 0.717) is 17.4 Å². The summed E-state index contributed by atoms with van der Waals surface area (Å²) in [6.07, 6.45) is 0. The molecule has 0 bridgehead atoms. The number of nitrogens with zero attached hydrogens (tertiary/aromatic N) is 4. The average molecular weight is 269 g/mol. The molecule has 0 aliphatic carbocycles. The first-order valence-corrected chi connectivity index (χ1v) is 6.42. The molecule has 0 aliphatic rings. The third-order valence-corrected chi connectivity index (χ3v) is 3.05. The zero-order chi connectivity index (χ0) is 14.1. The minimum Gasteiger partial charge on any atom is -0.398 e. The van der Waals surface area contributed by atoms with E-state index in [4.69, 9.17) is 10.3 Å². The van der Waals surface area contributed by atoms with Crippen LogP contribution < -0.4 is 5.73 Å². The van der Waals surface area contributed by atoms with Gasteiger partial charge in [0, 0.05) is 17.8 Å². The Kier molecular flexibility index (Phi) is 2.98. The minimum atomic E-state index is 0.450. The van der Waals surface area contributed by atoms with Crippen LogP contribution in [0, 0.1) is 6.92 Å². The Morgan fingerprint density at radius 3 is 2.85 bits per heavy atom. The van der Waals surface area contributed by atoms with E-state index in [-0.39, 0.29) is 0 Å². The number of para-hydroxylation sites is 1. The van der Waals surface area contributed by atoms with E-state index in [1.807, 2.05) is 48.9 Å². The molecule has 2 N–H and O–H groups in total. The van der Waals surface area contributed by atoms with Gasteiger partial charge in [-0.3, -0.25) is 4.68 Å². The van der Waals surface area contributed by atoms with Crippen molar-refractivity contribution in [2.75, 3.05) is 5.73 Å². The van der Waals surface area contributed by atoms with Crippen LogP contribution in [0.15, 0.2) is 34.9 Å². The van der Waals surface area contributed by atoms with E-state index in [2.05, 4.69) is 15.2 Å². The molecule has 0 saturated heterocycles. The monoisotopic (exact) mass is 269 g/mol. The lowest BCUT2D eigenvalue weighted by Gasteiger charge is -1.99. The van der Waals surface area contributed by atoms with Crippen molar-refractivity contribution in [1.82, 2.24) is 19.9 Å². The Morgan fingerprint density at radius 1 is 1.30 bits per heavy atom. The van der Waals surface area contributed by atoms with Crippen LogP contribution in [0.4, 0.5) is 5.69 Å². The second-order valence-corrected chi connectivity index (χ2v) is 4.50. The molecular formula is C14H15N5O. The van der Waals surface area contributed by atoms with Crippen LogP contribution in [0.2, 0.25) is 0 Å². The molecule has 2 aromatic heterocycles. The third-order valence-electron chi connectivity index (χ3n) is 3.05. The summed E-state index contributed by atoms with van der Waals surface area (Å²) in [5.74, 6) is 0.935. The lowest BCUT2D eigenvalue weighted by Crippen LogP contribution is -1.99. The summed E-state index contributed by atoms with van der Waals surface area (Å²) < 4.78 is 7.17. The molecule has 0 amide bonds. The van der Waals surface area contributed by atoms with Gasteiger partial charge in [-0.25, -0.2) is 0 Å². The molecule has 0 unspecified atom stereocenters. The molecule has 1 aromatic carbocycles. The van der Waals surface area contributed by atoms with Crippen molar-refractivity contribution in [3.63, 3.8) is 0 Å². The highest BCUT2D eigenvalue weighted by Crippen LogP contribution is 2.26. The quantitative estimate of drug-likeness (QED) is 0.739. The summed E-state index contributed by atoms with van der Waals surface area (Å²) in [6, 6.07) is 9.37. The molecular weight excluding hydrogens is 254 g/mol. The Bertz CT molecular complexity index is 744. The maximum absolute atomic E-state index is 5.92. The molecule has 0 radical (unpaired) electrons. The standard InChI is InChI=1S/C14H15N5O/c1-3-19-12(8-9(2)17-19)14-16-13(18-20-14)10-6-4-5-7-11(10)15/h4-8H,3,15H2,1-2H3. The van der Waals surface area contributed by atoms with Gasteiger partial charge < -0.3 is 10.3 Å². The second-order valence-electron chi connectivity index (χ2n) is 4.50. The van der Waals surface area contributed by atoms with E-state index in [1.54, 1.807) is 0 Å². The van der Waals surface area contributed by atoms with Crippen molar-refractivity contribution in [3.05, 3.63) is 36.0 Å². The first-order valence-electron chi connectivity index (χ1n) is 6.42. The molecule has 6 nitrogen and oxygen atoms in total. The van der Waals surface area contributed by atoms with E-state index >= 15 is 0 Å². The Labute approximate surface area is 116 Å². The molecule has 2 heterocycles. The summed E-state index contributed by atoms with van der Waals surface area (Å²) in [7, 11) is 0. The van der Waals surface area contributed by atoms with Crippen molar-refractivity contribution in [3.8, 4) is 23.0 Å². The number of rotatable bonds is 3. The summed E-state index contributed by atoms with van der Waals surface area (Å²) in [5.41, 5.74) is 9.05. The summed E-state index contributed by atoms with van der Waals surface area (Å²) in [5, 5.41) is 8.37. The number of hydrogen-bond acceptors (Lipinski definition) is 5. The number of hydrogen-bond donors (Lipinski definition) is 1. The zero-order valence-electron chi connectivity index (χ0n) is 11.4. The van der Waals surface area contributed by atoms with Gasteiger partial charge in [-0.2, -0.15) is 10.1 Å². The van der Waals surface area contributed by atoms with Crippen molar-refractivity contribution in [2.24, 2.45) is 0 Å². The van der Waals surface area contributed by atoms with Crippen LogP contribution in [0.5, 0.6) is 0 Å². The van der Waals surface area contributed by atoms with Crippen LogP contribution in [0.1, 0.15) is 12.6 Å². The Hall–Kier alpha value is -2.63. The molecule has 0 spiro atoms. The second kappa shape index (κ2) is 4.80. The van der Waals surface area contributed by atoms with Crippen LogP contribution >= 0.6 is 0 Å². The van der Waals surface area contributed by atoms with Crippen molar-refractivity contribution >= 4 is 5.69 Å². The predicted molar refractivity (Wildman–Crippen MR) is 75.8 cm³/mol. The van der Waals surface area contributed by atoms with Crippen LogP contribution in [-0.2, 0) is 6.54 Å². The SMILES string of the molecule is CCn1nc(C)cc1-c1nc(-c2ccccc2N)no1. The van der Waals surface area contributed by atoms with Gasteiger partial charge in [0.15, 0.2) is 0 Å². The number of anilines is 1.